The van der Waals surface area contributed by atoms with Gasteiger partial charge in [-0.15, -0.1) is 10.2 Å². The maximum atomic E-state index is 13.9. The van der Waals surface area contributed by atoms with Crippen molar-refractivity contribution in [2.75, 3.05) is 12.9 Å². The second-order valence-corrected chi connectivity index (χ2v) is 12.5. The van der Waals surface area contributed by atoms with Crippen LogP contribution in [0, 0.1) is 13.8 Å². The third kappa shape index (κ3) is 6.63. The van der Waals surface area contributed by atoms with Gasteiger partial charge in [0.25, 0.3) is 11.8 Å². The van der Waals surface area contributed by atoms with Crippen LogP contribution in [-0.4, -0.2) is 50.2 Å². The molecule has 0 fully saturated rings. The van der Waals surface area contributed by atoms with Gasteiger partial charge < -0.3 is 14.5 Å². The molecule has 2 aromatic heterocycles. The number of nitrogens with one attached hydrogen (secondary N) is 1. The molecule has 1 aliphatic rings. The zero-order valence-corrected chi connectivity index (χ0v) is 27.8. The fourth-order valence-electron chi connectivity index (χ4n) is 5.22. The Hall–Kier alpha value is -4.68. The number of carbonyl (C=O) groups is 2. The van der Waals surface area contributed by atoms with Crippen LogP contribution in [0.4, 0.5) is 0 Å². The van der Waals surface area contributed by atoms with Crippen LogP contribution in [-0.2, 0) is 11.3 Å². The molecule has 0 bridgehead atoms. The van der Waals surface area contributed by atoms with Crippen molar-refractivity contribution in [3.8, 4) is 11.4 Å². The summed E-state index contributed by atoms with van der Waals surface area (Å²) in [5, 5.41) is 18.6. The molecule has 234 valence electrons. The minimum absolute atomic E-state index is 0.0749. The van der Waals surface area contributed by atoms with E-state index in [1.165, 1.54) is 18.0 Å². The quantitative estimate of drug-likeness (QED) is 0.163. The van der Waals surface area contributed by atoms with Gasteiger partial charge in [0.15, 0.2) is 16.7 Å². The molecule has 46 heavy (non-hydrogen) atoms. The van der Waals surface area contributed by atoms with Crippen molar-refractivity contribution < 1.29 is 18.7 Å². The summed E-state index contributed by atoms with van der Waals surface area (Å²) >= 11 is 4.77. The van der Waals surface area contributed by atoms with Crippen LogP contribution in [0.25, 0.3) is 5.69 Å². The molecule has 5 aromatic rings. The molecular formula is C34H31BrN6O4S. The monoisotopic (exact) mass is 698 g/mol. The Labute approximate surface area is 279 Å². The third-order valence-electron chi connectivity index (χ3n) is 7.84. The maximum Gasteiger partial charge on any atom is 0.287 e. The third-order valence-corrected chi connectivity index (χ3v) is 9.28. The van der Waals surface area contributed by atoms with Gasteiger partial charge in [-0.3, -0.25) is 14.2 Å². The minimum atomic E-state index is -0.358. The highest BCUT2D eigenvalue weighted by Gasteiger charge is 2.33. The number of halogens is 1. The SMILES string of the molecule is COc1ccc([C@H]2CC(c3ccc(Br)cc3)=NN2C(=O)CSc2nnc(CNC(=O)c3ccco3)n2-c2cccc(C)c2C)cc1. The summed E-state index contributed by atoms with van der Waals surface area (Å²) in [5.41, 5.74) is 5.76. The lowest BCUT2D eigenvalue weighted by atomic mass is 9.98. The number of furan rings is 1. The standard InChI is InChI=1S/C34H31BrN6O4S/c1-21-6-4-7-28(22(21)2)40-31(19-36-33(43)30-8-5-17-45-30)37-38-34(40)46-20-32(42)41-29(24-11-15-26(44-3)16-12-24)18-27(39-41)23-9-13-25(35)14-10-23/h4-17,29H,18-20H2,1-3H3,(H,36,43)/t29-/m1/s1. The second kappa shape index (κ2) is 13.8. The Kier molecular flexibility index (Phi) is 9.36. The van der Waals surface area contributed by atoms with Crippen molar-refractivity contribution in [2.24, 2.45) is 5.10 Å². The van der Waals surface area contributed by atoms with E-state index in [1.54, 1.807) is 24.3 Å². The predicted octanol–water partition coefficient (Wildman–Crippen LogP) is 6.65. The summed E-state index contributed by atoms with van der Waals surface area (Å²) < 4.78 is 13.4. The van der Waals surface area contributed by atoms with E-state index in [0.29, 0.717) is 17.4 Å². The van der Waals surface area contributed by atoms with Gasteiger partial charge in [-0.05, 0) is 78.6 Å². The number of aromatic nitrogens is 3. The van der Waals surface area contributed by atoms with E-state index in [1.807, 2.05) is 85.1 Å². The van der Waals surface area contributed by atoms with Crippen molar-refractivity contribution in [3.05, 3.63) is 123 Å². The van der Waals surface area contributed by atoms with Crippen LogP contribution in [0.3, 0.4) is 0 Å². The summed E-state index contributed by atoms with van der Waals surface area (Å²) in [4.78, 5) is 26.5. The van der Waals surface area contributed by atoms with Crippen molar-refractivity contribution in [1.29, 1.82) is 0 Å². The zero-order chi connectivity index (χ0) is 32.2. The van der Waals surface area contributed by atoms with Crippen molar-refractivity contribution in [2.45, 2.75) is 38.0 Å². The van der Waals surface area contributed by atoms with E-state index in [-0.39, 0.29) is 35.9 Å². The van der Waals surface area contributed by atoms with Crippen LogP contribution in [0.1, 0.15) is 51.1 Å². The number of hydrogen-bond acceptors (Lipinski definition) is 8. The highest BCUT2D eigenvalue weighted by molar-refractivity contribution is 9.10. The van der Waals surface area contributed by atoms with Crippen molar-refractivity contribution in [1.82, 2.24) is 25.1 Å². The number of rotatable bonds is 10. The number of hydrogen-bond donors (Lipinski definition) is 1. The van der Waals surface area contributed by atoms with Gasteiger partial charge >= 0.3 is 0 Å². The number of nitrogens with zero attached hydrogens (tertiary/aromatic N) is 5. The van der Waals surface area contributed by atoms with E-state index in [4.69, 9.17) is 14.3 Å². The van der Waals surface area contributed by atoms with Crippen molar-refractivity contribution in [3.63, 3.8) is 0 Å². The smallest absolute Gasteiger partial charge is 0.287 e. The fourth-order valence-corrected chi connectivity index (χ4v) is 6.30. The number of methoxy groups -OCH3 is 1. The van der Waals surface area contributed by atoms with Crippen LogP contribution >= 0.6 is 27.7 Å². The van der Waals surface area contributed by atoms with E-state index < -0.39 is 0 Å². The molecule has 6 rings (SSSR count). The number of aryl methyl sites for hydroxylation is 1. The number of carbonyl (C=O) groups excluding carboxylic acids is 2. The molecule has 0 radical (unpaired) electrons. The normalized spacial score (nSPS) is 14.3. The number of benzene rings is 3. The van der Waals surface area contributed by atoms with Crippen LogP contribution in [0.15, 0.2) is 104 Å². The number of hydrazone groups is 1. The van der Waals surface area contributed by atoms with Crippen LogP contribution < -0.4 is 10.1 Å². The molecule has 0 spiro atoms. The highest BCUT2D eigenvalue weighted by atomic mass is 79.9. The van der Waals surface area contributed by atoms with Gasteiger partial charge in [0.05, 0.1) is 43.1 Å². The van der Waals surface area contributed by atoms with E-state index in [0.717, 1.165) is 43.9 Å². The molecule has 3 aromatic carbocycles. The lowest BCUT2D eigenvalue weighted by Gasteiger charge is -2.22. The minimum Gasteiger partial charge on any atom is -0.497 e. The summed E-state index contributed by atoms with van der Waals surface area (Å²) in [6, 6.07) is 24.6. The Morgan fingerprint density at radius 2 is 1.80 bits per heavy atom. The molecule has 12 heteroatoms. The van der Waals surface area contributed by atoms with Crippen LogP contribution in [0.5, 0.6) is 5.75 Å². The van der Waals surface area contributed by atoms with Gasteiger partial charge in [-0.2, -0.15) is 5.10 Å². The molecule has 2 amide bonds. The second-order valence-electron chi connectivity index (χ2n) is 10.7. The van der Waals surface area contributed by atoms with Gasteiger partial charge in [-0.1, -0.05) is 64.1 Å². The van der Waals surface area contributed by atoms with Gasteiger partial charge in [0.2, 0.25) is 0 Å². The zero-order valence-electron chi connectivity index (χ0n) is 25.4. The lowest BCUT2D eigenvalue weighted by Crippen LogP contribution is -2.28. The first-order valence-electron chi connectivity index (χ1n) is 14.6. The first-order chi connectivity index (χ1) is 22.3. The predicted molar refractivity (Wildman–Crippen MR) is 179 cm³/mol. The first-order valence-corrected chi connectivity index (χ1v) is 16.3. The molecule has 3 heterocycles. The number of amides is 2. The van der Waals surface area contributed by atoms with E-state index >= 15 is 0 Å². The molecule has 0 saturated carbocycles. The first kappa shape index (κ1) is 31.3. The highest BCUT2D eigenvalue weighted by Crippen LogP contribution is 2.35. The summed E-state index contributed by atoms with van der Waals surface area (Å²) in [6.45, 7) is 4.17. The Morgan fingerprint density at radius 1 is 1.02 bits per heavy atom. The lowest BCUT2D eigenvalue weighted by molar-refractivity contribution is -0.130. The summed E-state index contributed by atoms with van der Waals surface area (Å²) in [6.07, 6.45) is 2.02. The largest absolute Gasteiger partial charge is 0.497 e. The molecular weight excluding hydrogens is 668 g/mol. The number of ether oxygens (including phenoxy) is 1. The molecule has 1 aliphatic heterocycles. The fraction of sp³-hybridized carbons (Fsp3) is 0.206. The average Bonchev–Trinajstić information content (AvgIpc) is 3.85. The summed E-state index contributed by atoms with van der Waals surface area (Å²) in [5.74, 6) is 1.02. The molecule has 1 atom stereocenters. The maximum absolute atomic E-state index is 13.9. The van der Waals surface area contributed by atoms with Gasteiger partial charge in [-0.25, -0.2) is 5.01 Å². The Balaban J connectivity index is 1.27. The van der Waals surface area contributed by atoms with E-state index in [9.17, 15) is 9.59 Å². The molecule has 10 nitrogen and oxygen atoms in total. The topological polar surface area (TPSA) is 115 Å². The molecule has 0 unspecified atom stereocenters. The van der Waals surface area contributed by atoms with Crippen molar-refractivity contribution >= 4 is 45.2 Å². The average molecular weight is 700 g/mol. The Bertz CT molecular complexity index is 1890. The van der Waals surface area contributed by atoms with Gasteiger partial charge in [0.1, 0.15) is 5.75 Å². The molecule has 0 saturated heterocycles. The molecule has 1 N–H and O–H groups in total. The molecule has 0 aliphatic carbocycles. The van der Waals surface area contributed by atoms with Crippen LogP contribution in [0.2, 0.25) is 0 Å². The Morgan fingerprint density at radius 3 is 2.52 bits per heavy atom. The number of thioether (sulfide) groups is 1. The van der Waals surface area contributed by atoms with Gasteiger partial charge in [0, 0.05) is 10.9 Å². The van der Waals surface area contributed by atoms with E-state index in [2.05, 4.69) is 31.4 Å². The summed E-state index contributed by atoms with van der Waals surface area (Å²) in [7, 11) is 1.63.